The molecule has 0 radical (unpaired) electrons. The van der Waals surface area contributed by atoms with E-state index in [2.05, 4.69) is 32.6 Å². The van der Waals surface area contributed by atoms with Crippen molar-refractivity contribution in [3.8, 4) is 0 Å². The van der Waals surface area contributed by atoms with Crippen molar-refractivity contribution < 1.29 is 18.8 Å². The van der Waals surface area contributed by atoms with E-state index in [9.17, 15) is 9.59 Å². The molecule has 0 aliphatic carbocycles. The van der Waals surface area contributed by atoms with Crippen molar-refractivity contribution in [2.24, 2.45) is 5.92 Å². The highest BCUT2D eigenvalue weighted by Gasteiger charge is 2.36. The molecular formula is C16H22N6O4S. The fourth-order valence-electron chi connectivity index (χ4n) is 2.70. The smallest absolute Gasteiger partial charge is 0.229 e. The molecule has 27 heavy (non-hydrogen) atoms. The maximum Gasteiger partial charge on any atom is 0.229 e. The van der Waals surface area contributed by atoms with Crippen molar-refractivity contribution in [2.75, 3.05) is 25.2 Å². The molecule has 0 saturated carbocycles. The van der Waals surface area contributed by atoms with Gasteiger partial charge in [0.05, 0.1) is 25.5 Å². The fraction of sp³-hybridized carbons (Fsp3) is 0.625. The molecule has 1 aliphatic heterocycles. The molecule has 2 aromatic rings. The van der Waals surface area contributed by atoms with Gasteiger partial charge in [-0.2, -0.15) is 4.98 Å². The second-order valence-electron chi connectivity index (χ2n) is 6.20. The summed E-state index contributed by atoms with van der Waals surface area (Å²) in [5.74, 6) is 0.0884. The molecule has 11 heteroatoms. The second-order valence-corrected chi connectivity index (χ2v) is 7.24. The van der Waals surface area contributed by atoms with Crippen LogP contribution in [0.2, 0.25) is 0 Å². The summed E-state index contributed by atoms with van der Waals surface area (Å²) in [6, 6.07) is 0. The van der Waals surface area contributed by atoms with E-state index in [-0.39, 0.29) is 24.8 Å². The van der Waals surface area contributed by atoms with E-state index in [0.717, 1.165) is 17.8 Å². The van der Waals surface area contributed by atoms with Crippen LogP contribution in [0.5, 0.6) is 0 Å². The summed E-state index contributed by atoms with van der Waals surface area (Å²) in [7, 11) is 1.59. The molecule has 3 rings (SSSR count). The number of methoxy groups -OCH3 is 1. The number of hydrogen-bond donors (Lipinski definition) is 1. The Labute approximate surface area is 160 Å². The summed E-state index contributed by atoms with van der Waals surface area (Å²) in [5.41, 5.74) is 0. The van der Waals surface area contributed by atoms with Gasteiger partial charge in [0.1, 0.15) is 5.01 Å². The van der Waals surface area contributed by atoms with Crippen LogP contribution in [0.1, 0.15) is 36.5 Å². The minimum absolute atomic E-state index is 0.115. The Kier molecular flexibility index (Phi) is 6.45. The molecule has 1 N–H and O–H groups in total. The van der Waals surface area contributed by atoms with E-state index >= 15 is 0 Å². The Balaban J connectivity index is 1.51. The van der Waals surface area contributed by atoms with Gasteiger partial charge >= 0.3 is 0 Å². The van der Waals surface area contributed by atoms with Crippen LogP contribution in [0.3, 0.4) is 0 Å². The highest BCUT2D eigenvalue weighted by Crippen LogP contribution is 2.28. The van der Waals surface area contributed by atoms with Gasteiger partial charge in [-0.1, -0.05) is 23.4 Å². The largest absolute Gasteiger partial charge is 0.384 e. The molecule has 1 unspecified atom stereocenters. The van der Waals surface area contributed by atoms with Crippen LogP contribution in [0.4, 0.5) is 5.13 Å². The lowest BCUT2D eigenvalue weighted by atomic mass is 10.1. The maximum atomic E-state index is 12.4. The SMILES string of the molecule is CCCc1nnc(N2CC(C(=O)NCc3noc(CCOC)n3)CC2=O)s1. The van der Waals surface area contributed by atoms with Gasteiger partial charge in [-0.3, -0.25) is 14.5 Å². The lowest BCUT2D eigenvalue weighted by molar-refractivity contribution is -0.126. The van der Waals surface area contributed by atoms with Gasteiger partial charge < -0.3 is 14.6 Å². The van der Waals surface area contributed by atoms with Gasteiger partial charge in [0.25, 0.3) is 0 Å². The molecule has 0 bridgehead atoms. The lowest BCUT2D eigenvalue weighted by Crippen LogP contribution is -2.32. The van der Waals surface area contributed by atoms with Crippen molar-refractivity contribution >= 4 is 28.3 Å². The van der Waals surface area contributed by atoms with E-state index in [0.29, 0.717) is 36.4 Å². The van der Waals surface area contributed by atoms with E-state index in [1.165, 1.54) is 16.2 Å². The average Bonchev–Trinajstić information content (AvgIpc) is 3.38. The molecule has 2 aromatic heterocycles. The summed E-state index contributed by atoms with van der Waals surface area (Å²) in [6.45, 7) is 3.00. The Morgan fingerprint density at radius 1 is 1.41 bits per heavy atom. The lowest BCUT2D eigenvalue weighted by Gasteiger charge is -2.12. The zero-order valence-corrected chi connectivity index (χ0v) is 16.1. The second kappa shape index (κ2) is 9.00. The third-order valence-corrected chi connectivity index (χ3v) is 5.10. The van der Waals surface area contributed by atoms with Crippen molar-refractivity contribution in [2.45, 2.75) is 39.2 Å². The van der Waals surface area contributed by atoms with Crippen molar-refractivity contribution in [1.29, 1.82) is 0 Å². The molecule has 2 amide bonds. The summed E-state index contributed by atoms with van der Waals surface area (Å²) in [6.07, 6.45) is 2.48. The maximum absolute atomic E-state index is 12.4. The van der Waals surface area contributed by atoms with Gasteiger partial charge in [0.15, 0.2) is 5.82 Å². The zero-order valence-electron chi connectivity index (χ0n) is 15.3. The van der Waals surface area contributed by atoms with Gasteiger partial charge in [0.2, 0.25) is 22.8 Å². The summed E-state index contributed by atoms with van der Waals surface area (Å²) in [5, 5.41) is 16.2. The van der Waals surface area contributed by atoms with Crippen molar-refractivity contribution in [3.05, 3.63) is 16.7 Å². The third-order valence-electron chi connectivity index (χ3n) is 4.10. The number of amides is 2. The number of rotatable bonds is 9. The van der Waals surface area contributed by atoms with E-state index in [1.54, 1.807) is 7.11 Å². The van der Waals surface area contributed by atoms with Crippen LogP contribution in [0.15, 0.2) is 4.52 Å². The number of ether oxygens (including phenoxy) is 1. The molecule has 1 saturated heterocycles. The minimum Gasteiger partial charge on any atom is -0.384 e. The molecule has 1 fully saturated rings. The number of nitrogens with zero attached hydrogens (tertiary/aromatic N) is 5. The first-order valence-electron chi connectivity index (χ1n) is 8.81. The molecule has 0 spiro atoms. The molecule has 10 nitrogen and oxygen atoms in total. The molecule has 3 heterocycles. The van der Waals surface area contributed by atoms with Gasteiger partial charge in [-0.15, -0.1) is 10.2 Å². The highest BCUT2D eigenvalue weighted by atomic mass is 32.1. The van der Waals surface area contributed by atoms with Gasteiger partial charge in [-0.05, 0) is 6.42 Å². The molecule has 1 aliphatic rings. The topological polar surface area (TPSA) is 123 Å². The number of hydrogen-bond acceptors (Lipinski definition) is 9. The third kappa shape index (κ3) is 4.86. The molecule has 0 aromatic carbocycles. The van der Waals surface area contributed by atoms with Crippen LogP contribution in [-0.4, -0.2) is 52.4 Å². The van der Waals surface area contributed by atoms with E-state index in [1.807, 2.05) is 0 Å². The normalized spacial score (nSPS) is 16.9. The van der Waals surface area contributed by atoms with E-state index in [4.69, 9.17) is 9.26 Å². The average molecular weight is 394 g/mol. The number of carbonyl (C=O) groups is 2. The van der Waals surface area contributed by atoms with Gasteiger partial charge in [-0.25, -0.2) is 0 Å². The van der Waals surface area contributed by atoms with Crippen molar-refractivity contribution in [1.82, 2.24) is 25.7 Å². The first kappa shape index (κ1) is 19.4. The quantitative estimate of drug-likeness (QED) is 0.660. The fourth-order valence-corrected chi connectivity index (χ4v) is 3.67. The van der Waals surface area contributed by atoms with Crippen LogP contribution in [0, 0.1) is 5.92 Å². The Hall–Kier alpha value is -2.40. The van der Waals surface area contributed by atoms with Crippen LogP contribution < -0.4 is 10.2 Å². The molecule has 146 valence electrons. The van der Waals surface area contributed by atoms with Crippen LogP contribution in [-0.2, 0) is 33.7 Å². The molecular weight excluding hydrogens is 372 g/mol. The number of aryl methyl sites for hydroxylation is 1. The Morgan fingerprint density at radius 3 is 3.04 bits per heavy atom. The summed E-state index contributed by atoms with van der Waals surface area (Å²) < 4.78 is 10.0. The zero-order chi connectivity index (χ0) is 19.2. The molecule has 1 atom stereocenters. The van der Waals surface area contributed by atoms with E-state index < -0.39 is 5.92 Å². The summed E-state index contributed by atoms with van der Waals surface area (Å²) in [4.78, 5) is 30.4. The predicted molar refractivity (Wildman–Crippen MR) is 96.1 cm³/mol. The van der Waals surface area contributed by atoms with Gasteiger partial charge in [0, 0.05) is 26.5 Å². The van der Waals surface area contributed by atoms with Crippen molar-refractivity contribution in [3.63, 3.8) is 0 Å². The number of aromatic nitrogens is 4. The monoisotopic (exact) mass is 394 g/mol. The van der Waals surface area contributed by atoms with Crippen LogP contribution in [0.25, 0.3) is 0 Å². The minimum atomic E-state index is -0.434. The highest BCUT2D eigenvalue weighted by molar-refractivity contribution is 7.15. The standard InChI is InChI=1S/C16H22N6O4S/c1-3-4-13-19-20-16(27-13)22-9-10(7-14(22)23)15(24)17-8-11-18-12(26-21-11)5-6-25-2/h10H,3-9H2,1-2H3,(H,17,24). The Bertz CT molecular complexity index is 791. The number of carbonyl (C=O) groups excluding carboxylic acids is 2. The van der Waals surface area contributed by atoms with Crippen LogP contribution >= 0.6 is 11.3 Å². The number of nitrogens with one attached hydrogen (secondary N) is 1. The first-order chi connectivity index (χ1) is 13.1. The first-order valence-corrected chi connectivity index (χ1v) is 9.63. The summed E-state index contributed by atoms with van der Waals surface area (Å²) >= 11 is 1.40. The Morgan fingerprint density at radius 2 is 2.26 bits per heavy atom. The predicted octanol–water partition coefficient (Wildman–Crippen LogP) is 0.732. The number of anilines is 1.